The molecule has 0 bridgehead atoms. The number of aryl methyl sites for hydroxylation is 1. The lowest BCUT2D eigenvalue weighted by molar-refractivity contribution is 0.197. The number of likely N-dealkylation sites (tertiary alicyclic amines) is 1. The average Bonchev–Trinajstić information content (AvgIpc) is 2.43. The Bertz CT molecular complexity index is 623. The van der Waals surface area contributed by atoms with Crippen LogP contribution in [0.4, 0.5) is 0 Å². The number of aromatic nitrogens is 1. The van der Waals surface area contributed by atoms with Crippen molar-refractivity contribution < 1.29 is 13.2 Å². The Labute approximate surface area is 132 Å². The van der Waals surface area contributed by atoms with E-state index in [9.17, 15) is 8.42 Å². The molecule has 1 aromatic heterocycles. The second-order valence-corrected chi connectivity index (χ2v) is 7.77. The number of pyridine rings is 1. The van der Waals surface area contributed by atoms with E-state index in [-0.39, 0.29) is 6.04 Å². The molecular formula is C15H25N3O3S. The van der Waals surface area contributed by atoms with Crippen molar-refractivity contribution in [3.05, 3.63) is 23.0 Å². The molecule has 1 aliphatic rings. The van der Waals surface area contributed by atoms with E-state index in [1.54, 1.807) is 7.11 Å². The number of nitrogens with one attached hydrogen (secondary N) is 1. The third-order valence-electron chi connectivity index (χ3n) is 4.09. The molecule has 22 heavy (non-hydrogen) atoms. The van der Waals surface area contributed by atoms with Crippen LogP contribution in [-0.2, 0) is 16.6 Å². The van der Waals surface area contributed by atoms with E-state index in [2.05, 4.69) is 14.6 Å². The molecule has 0 radical (unpaired) electrons. The molecule has 1 aliphatic heterocycles. The number of hydrogen-bond acceptors (Lipinski definition) is 5. The van der Waals surface area contributed by atoms with Crippen molar-refractivity contribution in [3.63, 3.8) is 0 Å². The molecule has 7 heteroatoms. The van der Waals surface area contributed by atoms with Crippen LogP contribution in [0.15, 0.2) is 6.20 Å². The first-order valence-corrected chi connectivity index (χ1v) is 9.38. The molecule has 1 N–H and O–H groups in total. The van der Waals surface area contributed by atoms with Crippen LogP contribution >= 0.6 is 0 Å². The van der Waals surface area contributed by atoms with Crippen LogP contribution in [-0.4, -0.2) is 50.8 Å². The summed E-state index contributed by atoms with van der Waals surface area (Å²) in [5.41, 5.74) is 3.15. The second kappa shape index (κ2) is 6.93. The molecule has 6 nitrogen and oxygen atoms in total. The Kier molecular flexibility index (Phi) is 5.41. The van der Waals surface area contributed by atoms with Gasteiger partial charge in [0.2, 0.25) is 10.0 Å². The smallest absolute Gasteiger partial charge is 0.208 e. The first-order chi connectivity index (χ1) is 10.3. The molecule has 1 fully saturated rings. The van der Waals surface area contributed by atoms with Gasteiger partial charge in [0.1, 0.15) is 5.75 Å². The van der Waals surface area contributed by atoms with E-state index >= 15 is 0 Å². The Morgan fingerprint density at radius 3 is 2.55 bits per heavy atom. The molecule has 2 rings (SSSR count). The van der Waals surface area contributed by atoms with Crippen molar-refractivity contribution in [2.45, 2.75) is 39.3 Å². The van der Waals surface area contributed by atoms with Crippen molar-refractivity contribution in [2.75, 3.05) is 26.5 Å². The highest BCUT2D eigenvalue weighted by Gasteiger charge is 2.22. The second-order valence-electron chi connectivity index (χ2n) is 5.99. The maximum absolute atomic E-state index is 11.3. The van der Waals surface area contributed by atoms with E-state index in [0.717, 1.165) is 55.0 Å². The fourth-order valence-corrected chi connectivity index (χ4v) is 3.80. The monoisotopic (exact) mass is 327 g/mol. The standard InChI is InChI=1S/C15H25N3O3S/c1-11-9-16-14(12(2)15(11)21-3)10-18-7-5-13(6-8-18)17-22(4,19)20/h9,13,17H,5-8,10H2,1-4H3. The lowest BCUT2D eigenvalue weighted by Crippen LogP contribution is -2.44. The number of methoxy groups -OCH3 is 1. The molecule has 124 valence electrons. The minimum atomic E-state index is -3.12. The van der Waals surface area contributed by atoms with Crippen LogP contribution < -0.4 is 9.46 Å². The highest BCUT2D eigenvalue weighted by atomic mass is 32.2. The lowest BCUT2D eigenvalue weighted by Gasteiger charge is -2.32. The number of hydrogen-bond donors (Lipinski definition) is 1. The van der Waals surface area contributed by atoms with Gasteiger partial charge in [0.15, 0.2) is 0 Å². The zero-order chi connectivity index (χ0) is 16.3. The number of piperidine rings is 1. The number of sulfonamides is 1. The number of ether oxygens (including phenoxy) is 1. The SMILES string of the molecule is COc1c(C)cnc(CN2CCC(NS(C)(=O)=O)CC2)c1C. The fourth-order valence-electron chi connectivity index (χ4n) is 2.95. The molecule has 0 aliphatic carbocycles. The van der Waals surface area contributed by atoms with Gasteiger partial charge in [0.05, 0.1) is 19.1 Å². The van der Waals surface area contributed by atoms with Crippen LogP contribution in [0.3, 0.4) is 0 Å². The van der Waals surface area contributed by atoms with Gasteiger partial charge in [-0.2, -0.15) is 0 Å². The summed E-state index contributed by atoms with van der Waals surface area (Å²) < 4.78 is 30.7. The molecule has 0 amide bonds. The van der Waals surface area contributed by atoms with Gasteiger partial charge in [-0.3, -0.25) is 9.88 Å². The largest absolute Gasteiger partial charge is 0.496 e. The van der Waals surface area contributed by atoms with E-state index in [1.165, 1.54) is 6.26 Å². The third kappa shape index (κ3) is 4.41. The van der Waals surface area contributed by atoms with Gasteiger partial charge in [0.25, 0.3) is 0 Å². The van der Waals surface area contributed by atoms with Crippen molar-refractivity contribution in [1.82, 2.24) is 14.6 Å². The van der Waals surface area contributed by atoms with Gasteiger partial charge >= 0.3 is 0 Å². The van der Waals surface area contributed by atoms with Crippen LogP contribution in [0, 0.1) is 13.8 Å². The molecule has 0 spiro atoms. The summed E-state index contributed by atoms with van der Waals surface area (Å²) in [5.74, 6) is 0.902. The molecule has 2 heterocycles. The topological polar surface area (TPSA) is 71.5 Å². The van der Waals surface area contributed by atoms with E-state index in [4.69, 9.17) is 4.74 Å². The third-order valence-corrected chi connectivity index (χ3v) is 4.85. The van der Waals surface area contributed by atoms with Gasteiger partial charge in [-0.15, -0.1) is 0 Å². The summed E-state index contributed by atoms with van der Waals surface area (Å²) in [6, 6.07) is 0.0489. The van der Waals surface area contributed by atoms with Crippen molar-refractivity contribution in [1.29, 1.82) is 0 Å². The quantitative estimate of drug-likeness (QED) is 0.880. The van der Waals surface area contributed by atoms with Crippen molar-refractivity contribution in [2.24, 2.45) is 0 Å². The summed E-state index contributed by atoms with van der Waals surface area (Å²) >= 11 is 0. The van der Waals surface area contributed by atoms with Crippen molar-refractivity contribution >= 4 is 10.0 Å². The Morgan fingerprint density at radius 2 is 2.00 bits per heavy atom. The predicted octanol–water partition coefficient (Wildman–Crippen LogP) is 1.22. The highest BCUT2D eigenvalue weighted by Crippen LogP contribution is 2.25. The normalized spacial score (nSPS) is 17.6. The maximum Gasteiger partial charge on any atom is 0.208 e. The Balaban J connectivity index is 1.97. The first-order valence-electron chi connectivity index (χ1n) is 7.49. The van der Waals surface area contributed by atoms with Crippen LogP contribution in [0.1, 0.15) is 29.7 Å². The average molecular weight is 327 g/mol. The molecular weight excluding hydrogens is 302 g/mol. The zero-order valence-corrected chi connectivity index (χ0v) is 14.5. The Morgan fingerprint density at radius 1 is 1.36 bits per heavy atom. The van der Waals surface area contributed by atoms with Gasteiger partial charge in [-0.05, 0) is 26.7 Å². The molecule has 0 saturated carbocycles. The summed E-state index contributed by atoms with van der Waals surface area (Å²) in [4.78, 5) is 6.84. The summed E-state index contributed by atoms with van der Waals surface area (Å²) in [7, 11) is -1.44. The minimum Gasteiger partial charge on any atom is -0.496 e. The highest BCUT2D eigenvalue weighted by molar-refractivity contribution is 7.88. The van der Waals surface area contributed by atoms with Crippen LogP contribution in [0.25, 0.3) is 0 Å². The Hall–Kier alpha value is -1.18. The summed E-state index contributed by atoms with van der Waals surface area (Å²) in [6.07, 6.45) is 4.72. The van der Waals surface area contributed by atoms with Crippen LogP contribution in [0.5, 0.6) is 5.75 Å². The van der Waals surface area contributed by atoms with Gasteiger partial charge in [-0.25, -0.2) is 13.1 Å². The minimum absolute atomic E-state index is 0.0489. The van der Waals surface area contributed by atoms with Gasteiger partial charge in [0, 0.05) is 43.0 Å². The van der Waals surface area contributed by atoms with E-state index < -0.39 is 10.0 Å². The van der Waals surface area contributed by atoms with Crippen molar-refractivity contribution in [3.8, 4) is 5.75 Å². The van der Waals surface area contributed by atoms with Gasteiger partial charge in [-0.1, -0.05) is 0 Å². The molecule has 0 aromatic carbocycles. The predicted molar refractivity (Wildman–Crippen MR) is 86.5 cm³/mol. The summed E-state index contributed by atoms with van der Waals surface area (Å²) in [5, 5.41) is 0. The zero-order valence-electron chi connectivity index (χ0n) is 13.7. The van der Waals surface area contributed by atoms with E-state index in [0.29, 0.717) is 0 Å². The van der Waals surface area contributed by atoms with E-state index in [1.807, 2.05) is 20.0 Å². The van der Waals surface area contributed by atoms with Gasteiger partial charge < -0.3 is 4.74 Å². The molecule has 1 aromatic rings. The number of rotatable bonds is 5. The molecule has 0 unspecified atom stereocenters. The molecule has 0 atom stereocenters. The lowest BCUT2D eigenvalue weighted by atomic mass is 10.0. The van der Waals surface area contributed by atoms with Crippen LogP contribution in [0.2, 0.25) is 0 Å². The molecule has 1 saturated heterocycles. The fraction of sp³-hybridized carbons (Fsp3) is 0.667. The summed E-state index contributed by atoms with van der Waals surface area (Å²) in [6.45, 7) is 6.53. The number of nitrogens with zero attached hydrogens (tertiary/aromatic N) is 2. The maximum atomic E-state index is 11.3. The first kappa shape index (κ1) is 17.2.